The van der Waals surface area contributed by atoms with Gasteiger partial charge in [0.15, 0.2) is 5.82 Å². The van der Waals surface area contributed by atoms with Crippen molar-refractivity contribution in [2.45, 2.75) is 6.92 Å². The van der Waals surface area contributed by atoms with E-state index < -0.39 is 5.91 Å². The van der Waals surface area contributed by atoms with Gasteiger partial charge in [0.1, 0.15) is 5.82 Å². The van der Waals surface area contributed by atoms with Crippen molar-refractivity contribution in [1.82, 2.24) is 29.9 Å². The van der Waals surface area contributed by atoms with Gasteiger partial charge in [-0.2, -0.15) is 5.10 Å². The number of aromatic nitrogens is 6. The molecule has 8 heteroatoms. The molecular formula is C12H11N7O. The molecule has 20 heavy (non-hydrogen) atoms. The number of rotatable bonds is 3. The van der Waals surface area contributed by atoms with E-state index in [-0.39, 0.29) is 5.82 Å². The fraction of sp³-hybridized carbons (Fsp3) is 0.0833. The van der Waals surface area contributed by atoms with E-state index in [1.165, 1.54) is 0 Å². The van der Waals surface area contributed by atoms with Gasteiger partial charge in [-0.25, -0.2) is 14.6 Å². The Morgan fingerprint density at radius 2 is 2.25 bits per heavy atom. The van der Waals surface area contributed by atoms with Crippen molar-refractivity contribution in [2.24, 2.45) is 0 Å². The van der Waals surface area contributed by atoms with Crippen LogP contribution in [-0.2, 0) is 0 Å². The number of carbonyl (C=O) groups is 1. The summed E-state index contributed by atoms with van der Waals surface area (Å²) in [6, 6.07) is 5.24. The lowest BCUT2D eigenvalue weighted by Gasteiger charge is -2.08. The largest absolute Gasteiger partial charge is 0.316 e. The van der Waals surface area contributed by atoms with E-state index in [1.807, 2.05) is 0 Å². The highest BCUT2D eigenvalue weighted by Gasteiger charge is 2.14. The van der Waals surface area contributed by atoms with Crippen molar-refractivity contribution in [3.05, 3.63) is 48.4 Å². The van der Waals surface area contributed by atoms with Crippen molar-refractivity contribution < 1.29 is 4.79 Å². The lowest BCUT2D eigenvalue weighted by molar-refractivity contribution is 0.101. The molecule has 8 nitrogen and oxygen atoms in total. The van der Waals surface area contributed by atoms with Crippen LogP contribution in [0.5, 0.6) is 0 Å². The van der Waals surface area contributed by atoms with Crippen LogP contribution in [0.4, 0.5) is 5.69 Å². The van der Waals surface area contributed by atoms with Crippen molar-refractivity contribution in [2.75, 3.05) is 5.32 Å². The molecule has 0 atom stereocenters. The van der Waals surface area contributed by atoms with E-state index >= 15 is 0 Å². The quantitative estimate of drug-likeness (QED) is 0.737. The van der Waals surface area contributed by atoms with Gasteiger partial charge in [-0.3, -0.25) is 9.89 Å². The van der Waals surface area contributed by atoms with Crippen LogP contribution in [0.1, 0.15) is 16.4 Å². The van der Waals surface area contributed by atoms with E-state index in [9.17, 15) is 4.79 Å². The van der Waals surface area contributed by atoms with E-state index in [0.717, 1.165) is 0 Å². The molecule has 0 bridgehead atoms. The van der Waals surface area contributed by atoms with Gasteiger partial charge >= 0.3 is 0 Å². The van der Waals surface area contributed by atoms with Gasteiger partial charge in [0.25, 0.3) is 5.91 Å². The SMILES string of the molecule is Cc1nc(C(=O)Nc2cccnc2-n2cccn2)n[nH]1. The molecule has 1 amide bonds. The van der Waals surface area contributed by atoms with Crippen LogP contribution < -0.4 is 5.32 Å². The third kappa shape index (κ3) is 2.26. The number of nitrogens with zero attached hydrogens (tertiary/aromatic N) is 5. The van der Waals surface area contributed by atoms with Gasteiger partial charge in [0.05, 0.1) is 5.69 Å². The average Bonchev–Trinajstić information content (AvgIpc) is 3.10. The predicted octanol–water partition coefficient (Wildman–Crippen LogP) is 0.946. The molecule has 0 aliphatic carbocycles. The van der Waals surface area contributed by atoms with Crippen molar-refractivity contribution >= 4 is 11.6 Å². The number of nitrogens with one attached hydrogen (secondary N) is 2. The highest BCUT2D eigenvalue weighted by atomic mass is 16.2. The van der Waals surface area contributed by atoms with Gasteiger partial charge < -0.3 is 5.32 Å². The highest BCUT2D eigenvalue weighted by molar-refractivity contribution is 6.02. The molecule has 100 valence electrons. The maximum Gasteiger partial charge on any atom is 0.295 e. The Labute approximate surface area is 113 Å². The van der Waals surface area contributed by atoms with Crippen LogP contribution >= 0.6 is 0 Å². The molecular weight excluding hydrogens is 258 g/mol. The number of H-pyrrole nitrogens is 1. The minimum absolute atomic E-state index is 0.0813. The van der Waals surface area contributed by atoms with Crippen LogP contribution in [0, 0.1) is 6.92 Å². The average molecular weight is 269 g/mol. The number of carbonyl (C=O) groups excluding carboxylic acids is 1. The van der Waals surface area contributed by atoms with Gasteiger partial charge in [-0.05, 0) is 25.1 Å². The van der Waals surface area contributed by atoms with Gasteiger partial charge in [0.2, 0.25) is 5.82 Å². The smallest absolute Gasteiger partial charge is 0.295 e. The van der Waals surface area contributed by atoms with Crippen molar-refractivity contribution in [1.29, 1.82) is 0 Å². The molecule has 3 rings (SSSR count). The zero-order valence-corrected chi connectivity index (χ0v) is 10.6. The number of anilines is 1. The lowest BCUT2D eigenvalue weighted by atomic mass is 10.3. The zero-order chi connectivity index (χ0) is 13.9. The monoisotopic (exact) mass is 269 g/mol. The Bertz CT molecular complexity index is 732. The summed E-state index contributed by atoms with van der Waals surface area (Å²) >= 11 is 0. The fourth-order valence-electron chi connectivity index (χ4n) is 1.69. The highest BCUT2D eigenvalue weighted by Crippen LogP contribution is 2.16. The fourth-order valence-corrected chi connectivity index (χ4v) is 1.69. The van der Waals surface area contributed by atoms with E-state index in [0.29, 0.717) is 17.3 Å². The lowest BCUT2D eigenvalue weighted by Crippen LogP contribution is -2.16. The summed E-state index contributed by atoms with van der Waals surface area (Å²) in [6.45, 7) is 1.73. The molecule has 0 unspecified atom stereocenters. The van der Waals surface area contributed by atoms with E-state index in [1.54, 1.807) is 48.4 Å². The molecule has 3 aromatic rings. The number of hydrogen-bond donors (Lipinski definition) is 2. The molecule has 0 aromatic carbocycles. The second kappa shape index (κ2) is 4.92. The Balaban J connectivity index is 1.90. The van der Waals surface area contributed by atoms with Crippen molar-refractivity contribution in [3.8, 4) is 5.82 Å². The Morgan fingerprint density at radius 3 is 2.95 bits per heavy atom. The molecule has 0 fully saturated rings. The summed E-state index contributed by atoms with van der Waals surface area (Å²) in [5, 5.41) is 13.3. The number of amides is 1. The first-order valence-electron chi connectivity index (χ1n) is 5.89. The van der Waals surface area contributed by atoms with Gasteiger partial charge in [-0.15, -0.1) is 5.10 Å². The van der Waals surface area contributed by atoms with Crippen LogP contribution in [0.3, 0.4) is 0 Å². The predicted molar refractivity (Wildman–Crippen MR) is 70.4 cm³/mol. The molecule has 0 radical (unpaired) electrons. The minimum Gasteiger partial charge on any atom is -0.316 e. The third-order valence-corrected chi connectivity index (χ3v) is 2.56. The van der Waals surface area contributed by atoms with E-state index in [2.05, 4.69) is 30.6 Å². The normalized spacial score (nSPS) is 10.4. The van der Waals surface area contributed by atoms with Crippen LogP contribution in [-0.4, -0.2) is 35.9 Å². The van der Waals surface area contributed by atoms with Crippen LogP contribution in [0.2, 0.25) is 0 Å². The number of aromatic amines is 1. The summed E-state index contributed by atoms with van der Waals surface area (Å²) in [5.41, 5.74) is 0.531. The first kappa shape index (κ1) is 12.0. The summed E-state index contributed by atoms with van der Waals surface area (Å²) < 4.78 is 1.57. The maximum atomic E-state index is 12.0. The standard InChI is InChI=1S/C12H11N7O/c1-8-15-10(18-17-8)12(20)16-9-4-2-5-13-11(9)19-7-3-6-14-19/h2-7H,1H3,(H,16,20)(H,15,17,18). The Hall–Kier alpha value is -3.03. The second-order valence-corrected chi connectivity index (χ2v) is 4.02. The number of pyridine rings is 1. The van der Waals surface area contributed by atoms with Crippen LogP contribution in [0.15, 0.2) is 36.8 Å². The third-order valence-electron chi connectivity index (χ3n) is 2.56. The number of hydrogen-bond acceptors (Lipinski definition) is 5. The topological polar surface area (TPSA) is 101 Å². The minimum atomic E-state index is -0.407. The molecule has 3 heterocycles. The molecule has 0 spiro atoms. The summed E-state index contributed by atoms with van der Waals surface area (Å²) in [6.07, 6.45) is 5.01. The molecule has 0 saturated carbocycles. The second-order valence-electron chi connectivity index (χ2n) is 4.02. The zero-order valence-electron chi connectivity index (χ0n) is 10.6. The van der Waals surface area contributed by atoms with Gasteiger partial charge in [0, 0.05) is 18.6 Å². The first-order valence-corrected chi connectivity index (χ1v) is 5.89. The molecule has 0 aliphatic heterocycles. The first-order chi connectivity index (χ1) is 9.74. The molecule has 0 aliphatic rings. The molecule has 2 N–H and O–H groups in total. The maximum absolute atomic E-state index is 12.0. The summed E-state index contributed by atoms with van der Waals surface area (Å²) in [4.78, 5) is 20.2. The summed E-state index contributed by atoms with van der Waals surface area (Å²) in [7, 11) is 0. The van der Waals surface area contributed by atoms with Gasteiger partial charge in [-0.1, -0.05) is 0 Å². The molecule has 3 aromatic heterocycles. The number of aryl methyl sites for hydroxylation is 1. The van der Waals surface area contributed by atoms with E-state index in [4.69, 9.17) is 0 Å². The molecule has 0 saturated heterocycles. The Morgan fingerprint density at radius 1 is 1.35 bits per heavy atom. The van der Waals surface area contributed by atoms with Crippen LogP contribution in [0.25, 0.3) is 5.82 Å². The summed E-state index contributed by atoms with van der Waals surface area (Å²) in [5.74, 6) is 0.778. The van der Waals surface area contributed by atoms with Crippen molar-refractivity contribution in [3.63, 3.8) is 0 Å². The Kier molecular flexibility index (Phi) is 2.96.